The Morgan fingerprint density at radius 3 is 1.25 bits per heavy atom. The van der Waals surface area contributed by atoms with Crippen LogP contribution in [0.2, 0.25) is 0 Å². The van der Waals surface area contributed by atoms with Gasteiger partial charge in [0.05, 0.1) is 12.8 Å². The Morgan fingerprint density at radius 1 is 0.386 bits per heavy atom. The van der Waals surface area contributed by atoms with Crippen molar-refractivity contribution in [3.8, 4) is 5.75 Å². The standard InChI is InChI=1S/C42H46OP/c1(3-5-19-35-43-39-33-31-38(32-34-39)30-29-37-21-11-7-12-22-37)2-4-6-20-36-44(40-23-13-8-14-24-40,41-25-15-9-16-26-41)42-27-17-10-18-28-42/h7-18,21-34H,1-6,19-20,35-36H2/q+1/b30-29+. The van der Waals surface area contributed by atoms with Gasteiger partial charge >= 0.3 is 0 Å². The summed E-state index contributed by atoms with van der Waals surface area (Å²) < 4.78 is 6.00. The predicted molar refractivity (Wildman–Crippen MR) is 194 cm³/mol. The van der Waals surface area contributed by atoms with Crippen molar-refractivity contribution >= 4 is 35.3 Å². The van der Waals surface area contributed by atoms with Gasteiger partial charge in [-0.1, -0.05) is 141 Å². The summed E-state index contributed by atoms with van der Waals surface area (Å²) in [6.07, 6.45) is 15.7. The average Bonchev–Trinajstić information content (AvgIpc) is 3.10. The third kappa shape index (κ3) is 9.04. The molecule has 5 rings (SSSR count). The molecule has 0 saturated heterocycles. The molecule has 2 heteroatoms. The molecule has 0 aliphatic heterocycles. The fourth-order valence-electron chi connectivity index (χ4n) is 6.02. The van der Waals surface area contributed by atoms with Crippen molar-refractivity contribution in [1.82, 2.24) is 0 Å². The largest absolute Gasteiger partial charge is 0.494 e. The van der Waals surface area contributed by atoms with Gasteiger partial charge in [0.15, 0.2) is 0 Å². The van der Waals surface area contributed by atoms with Gasteiger partial charge in [-0.05, 0) is 78.9 Å². The van der Waals surface area contributed by atoms with Gasteiger partial charge in [-0.3, -0.25) is 0 Å². The molecule has 5 aromatic carbocycles. The van der Waals surface area contributed by atoms with E-state index in [-0.39, 0.29) is 0 Å². The highest BCUT2D eigenvalue weighted by Gasteiger charge is 2.44. The lowest BCUT2D eigenvalue weighted by Gasteiger charge is -2.27. The molecule has 0 aliphatic carbocycles. The molecule has 0 fully saturated rings. The molecule has 0 heterocycles. The van der Waals surface area contributed by atoms with Crippen molar-refractivity contribution in [2.24, 2.45) is 0 Å². The van der Waals surface area contributed by atoms with Crippen molar-refractivity contribution in [2.45, 2.75) is 51.4 Å². The van der Waals surface area contributed by atoms with E-state index in [1.807, 2.05) is 6.07 Å². The number of hydrogen-bond acceptors (Lipinski definition) is 1. The first kappa shape index (κ1) is 31.5. The molecule has 0 radical (unpaired) electrons. The van der Waals surface area contributed by atoms with Gasteiger partial charge in [0, 0.05) is 0 Å². The summed E-state index contributed by atoms with van der Waals surface area (Å²) in [4.78, 5) is 0. The van der Waals surface area contributed by atoms with E-state index in [2.05, 4.69) is 152 Å². The highest BCUT2D eigenvalue weighted by atomic mass is 31.2. The van der Waals surface area contributed by atoms with Crippen LogP contribution in [0.15, 0.2) is 146 Å². The minimum absolute atomic E-state index is 0.795. The van der Waals surface area contributed by atoms with E-state index in [1.54, 1.807) is 0 Å². The molecular formula is C42H46OP+. The van der Waals surface area contributed by atoms with Crippen molar-refractivity contribution < 1.29 is 4.74 Å². The van der Waals surface area contributed by atoms with Crippen LogP contribution >= 0.6 is 7.26 Å². The topological polar surface area (TPSA) is 9.23 Å². The SMILES string of the molecule is C(=C\c1ccc(OCCCCCCCCCC[P+](c2ccccc2)(c2ccccc2)c2ccccc2)cc1)/c1ccccc1. The van der Waals surface area contributed by atoms with Gasteiger partial charge < -0.3 is 4.74 Å². The van der Waals surface area contributed by atoms with E-state index in [9.17, 15) is 0 Å². The van der Waals surface area contributed by atoms with E-state index in [1.165, 1.54) is 78.1 Å². The van der Waals surface area contributed by atoms with Gasteiger partial charge in [-0.15, -0.1) is 0 Å². The second-order valence-corrected chi connectivity index (χ2v) is 15.1. The molecule has 44 heavy (non-hydrogen) atoms. The maximum Gasteiger partial charge on any atom is 0.119 e. The fourth-order valence-corrected chi connectivity index (χ4v) is 10.4. The van der Waals surface area contributed by atoms with Crippen LogP contribution in [0.25, 0.3) is 12.2 Å². The molecule has 1 nitrogen and oxygen atoms in total. The molecule has 0 amide bonds. The van der Waals surface area contributed by atoms with Crippen molar-refractivity contribution in [3.05, 3.63) is 157 Å². The number of unbranched alkanes of at least 4 members (excludes halogenated alkanes) is 7. The molecule has 0 aromatic heterocycles. The van der Waals surface area contributed by atoms with Crippen molar-refractivity contribution in [2.75, 3.05) is 12.8 Å². The van der Waals surface area contributed by atoms with Crippen LogP contribution < -0.4 is 20.7 Å². The average molecular weight is 598 g/mol. The molecule has 0 spiro atoms. The minimum Gasteiger partial charge on any atom is -0.494 e. The first-order valence-electron chi connectivity index (χ1n) is 16.4. The van der Waals surface area contributed by atoms with Crippen molar-refractivity contribution in [3.63, 3.8) is 0 Å². The zero-order valence-corrected chi connectivity index (χ0v) is 26.8. The molecule has 0 bridgehead atoms. The first-order valence-corrected chi connectivity index (χ1v) is 18.3. The number of benzene rings is 5. The van der Waals surface area contributed by atoms with Crippen molar-refractivity contribution in [1.29, 1.82) is 0 Å². The van der Waals surface area contributed by atoms with E-state index in [4.69, 9.17) is 4.74 Å². The summed E-state index contributed by atoms with van der Waals surface area (Å²) in [6.45, 7) is 0.795. The van der Waals surface area contributed by atoms with Crippen LogP contribution in [0.1, 0.15) is 62.5 Å². The Balaban J connectivity index is 1.01. The highest BCUT2D eigenvalue weighted by molar-refractivity contribution is 7.95. The Bertz CT molecular complexity index is 1400. The normalized spacial score (nSPS) is 11.5. The lowest BCUT2D eigenvalue weighted by Crippen LogP contribution is -2.33. The van der Waals surface area contributed by atoms with Gasteiger partial charge in [0.25, 0.3) is 0 Å². The zero-order valence-electron chi connectivity index (χ0n) is 25.9. The Hall–Kier alpha value is -3.93. The van der Waals surface area contributed by atoms with Gasteiger partial charge in [-0.2, -0.15) is 0 Å². The van der Waals surface area contributed by atoms with Crippen LogP contribution in [-0.4, -0.2) is 12.8 Å². The van der Waals surface area contributed by atoms with E-state index < -0.39 is 7.26 Å². The third-order valence-corrected chi connectivity index (χ3v) is 12.9. The zero-order chi connectivity index (χ0) is 30.1. The summed E-state index contributed by atoms with van der Waals surface area (Å²) in [7, 11) is -1.69. The molecule has 0 saturated carbocycles. The van der Waals surface area contributed by atoms with Crippen LogP contribution in [0.3, 0.4) is 0 Å². The number of rotatable bonds is 17. The maximum absolute atomic E-state index is 6.00. The second kappa shape index (κ2) is 17.4. The van der Waals surface area contributed by atoms with Crippen LogP contribution in [-0.2, 0) is 0 Å². The second-order valence-electron chi connectivity index (χ2n) is 11.5. The lowest BCUT2D eigenvalue weighted by atomic mass is 10.1. The summed E-state index contributed by atoms with van der Waals surface area (Å²) in [5.41, 5.74) is 2.40. The molecule has 0 atom stereocenters. The lowest BCUT2D eigenvalue weighted by molar-refractivity contribution is 0.304. The maximum atomic E-state index is 6.00. The number of ether oxygens (including phenoxy) is 1. The molecule has 224 valence electrons. The Morgan fingerprint density at radius 2 is 0.773 bits per heavy atom. The predicted octanol–water partition coefficient (Wildman–Crippen LogP) is 10.4. The first-order chi connectivity index (χ1) is 21.8. The van der Waals surface area contributed by atoms with Crippen LogP contribution in [0.4, 0.5) is 0 Å². The Kier molecular flexibility index (Phi) is 12.4. The summed E-state index contributed by atoms with van der Waals surface area (Å²) in [6, 6.07) is 52.6. The van der Waals surface area contributed by atoms with E-state index in [0.29, 0.717) is 0 Å². The molecule has 0 aliphatic rings. The number of hydrogen-bond donors (Lipinski definition) is 0. The van der Waals surface area contributed by atoms with Gasteiger partial charge in [0.2, 0.25) is 0 Å². The van der Waals surface area contributed by atoms with Crippen LogP contribution in [0, 0.1) is 0 Å². The molecule has 0 unspecified atom stereocenters. The summed E-state index contributed by atoms with van der Waals surface area (Å²) in [5, 5.41) is 4.49. The monoisotopic (exact) mass is 597 g/mol. The van der Waals surface area contributed by atoms with Gasteiger partial charge in [0.1, 0.15) is 28.9 Å². The fraction of sp³-hybridized carbons (Fsp3) is 0.238. The van der Waals surface area contributed by atoms with E-state index in [0.717, 1.165) is 18.8 Å². The van der Waals surface area contributed by atoms with E-state index >= 15 is 0 Å². The third-order valence-electron chi connectivity index (χ3n) is 8.40. The highest BCUT2D eigenvalue weighted by Crippen LogP contribution is 2.56. The quantitative estimate of drug-likeness (QED) is 0.0589. The smallest absolute Gasteiger partial charge is 0.119 e. The van der Waals surface area contributed by atoms with Crippen LogP contribution in [0.5, 0.6) is 5.75 Å². The minimum atomic E-state index is -1.69. The summed E-state index contributed by atoms with van der Waals surface area (Å²) >= 11 is 0. The molecular weight excluding hydrogens is 551 g/mol. The Labute approximate surface area is 266 Å². The molecule has 0 N–H and O–H groups in total. The van der Waals surface area contributed by atoms with Gasteiger partial charge in [-0.25, -0.2) is 0 Å². The molecule has 5 aromatic rings. The summed E-state index contributed by atoms with van der Waals surface area (Å²) in [5.74, 6) is 0.960.